The fourth-order valence-corrected chi connectivity index (χ4v) is 2.97. The first-order valence-corrected chi connectivity index (χ1v) is 10.3. The number of esters is 1. The summed E-state index contributed by atoms with van der Waals surface area (Å²) in [4.78, 5) is 22.5. The molecule has 1 atom stereocenters. The topological polar surface area (TPSA) is 43.4 Å². The monoisotopic (exact) mass is 360 g/mol. The molecule has 0 bridgehead atoms. The van der Waals surface area contributed by atoms with Gasteiger partial charge in [0.25, 0.3) is 0 Å². The first-order valence-electron chi connectivity index (χ1n) is 9.94. The van der Waals surface area contributed by atoms with Crippen LogP contribution in [0.25, 0.3) is 0 Å². The lowest BCUT2D eigenvalue weighted by Gasteiger charge is -2.16. The van der Waals surface area contributed by atoms with Gasteiger partial charge in [0.05, 0.1) is 6.61 Å². The zero-order valence-corrected chi connectivity index (χ0v) is 16.5. The molecule has 0 saturated carbocycles. The third-order valence-corrected chi connectivity index (χ3v) is 4.61. The van der Waals surface area contributed by atoms with Crippen molar-refractivity contribution in [2.45, 2.75) is 104 Å². The predicted molar refractivity (Wildman–Crippen MR) is 101 cm³/mol. The maximum Gasteiger partial charge on any atom is 0.305 e. The van der Waals surface area contributed by atoms with Crippen LogP contribution in [0.1, 0.15) is 104 Å². The number of rotatable bonds is 17. The van der Waals surface area contributed by atoms with Gasteiger partial charge in [-0.05, 0) is 43.2 Å². The van der Waals surface area contributed by atoms with Crippen LogP contribution < -0.4 is 0 Å². The van der Waals surface area contributed by atoms with Gasteiger partial charge in [-0.2, -0.15) is 0 Å². The molecule has 0 aromatic carbocycles. The van der Waals surface area contributed by atoms with Gasteiger partial charge in [0.2, 0.25) is 5.24 Å². The highest BCUT2D eigenvalue weighted by atomic mass is 35.5. The van der Waals surface area contributed by atoms with Crippen LogP contribution >= 0.6 is 11.6 Å². The molecule has 0 N–H and O–H groups in total. The van der Waals surface area contributed by atoms with Gasteiger partial charge >= 0.3 is 5.97 Å². The Balaban J connectivity index is 3.75. The highest BCUT2D eigenvalue weighted by Gasteiger charge is 2.11. The van der Waals surface area contributed by atoms with Crippen molar-refractivity contribution < 1.29 is 14.3 Å². The Labute approximate surface area is 153 Å². The van der Waals surface area contributed by atoms with Crippen molar-refractivity contribution in [3.8, 4) is 0 Å². The van der Waals surface area contributed by atoms with Crippen molar-refractivity contribution in [1.29, 1.82) is 0 Å². The summed E-state index contributed by atoms with van der Waals surface area (Å²) in [7, 11) is 0. The van der Waals surface area contributed by atoms with Gasteiger partial charge in [0.1, 0.15) is 0 Å². The second-order valence-electron chi connectivity index (χ2n) is 6.81. The van der Waals surface area contributed by atoms with Gasteiger partial charge in [-0.3, -0.25) is 9.59 Å². The Hall–Kier alpha value is -0.570. The van der Waals surface area contributed by atoms with Crippen molar-refractivity contribution >= 4 is 22.8 Å². The minimum atomic E-state index is -0.272. The highest BCUT2D eigenvalue weighted by Crippen LogP contribution is 2.18. The molecule has 0 aliphatic heterocycles. The third-order valence-electron chi connectivity index (χ3n) is 4.42. The van der Waals surface area contributed by atoms with E-state index in [-0.39, 0.29) is 11.2 Å². The zero-order valence-electron chi connectivity index (χ0n) is 15.8. The Morgan fingerprint density at radius 2 is 1.38 bits per heavy atom. The van der Waals surface area contributed by atoms with Crippen LogP contribution in [0.15, 0.2) is 0 Å². The van der Waals surface area contributed by atoms with E-state index in [4.69, 9.17) is 16.3 Å². The van der Waals surface area contributed by atoms with E-state index in [1.165, 1.54) is 51.4 Å². The van der Waals surface area contributed by atoms with E-state index in [2.05, 4.69) is 13.8 Å². The first kappa shape index (κ1) is 23.4. The van der Waals surface area contributed by atoms with E-state index in [0.29, 0.717) is 25.4 Å². The van der Waals surface area contributed by atoms with E-state index in [9.17, 15) is 9.59 Å². The molecule has 0 rings (SSSR count). The standard InChI is InChI=1S/C20H37ClO3/c1-3-5-7-10-14-18(13-6-4-2)17-24-20(23)16-12-9-8-11-15-19(21)22/h18H,3-17H2,1-2H3. The number of halogens is 1. The molecule has 0 amide bonds. The summed E-state index contributed by atoms with van der Waals surface area (Å²) in [5, 5.41) is -0.272. The molecule has 1 unspecified atom stereocenters. The molecule has 0 heterocycles. The smallest absolute Gasteiger partial charge is 0.305 e. The highest BCUT2D eigenvalue weighted by molar-refractivity contribution is 6.63. The number of hydrogen-bond donors (Lipinski definition) is 0. The minimum Gasteiger partial charge on any atom is -0.465 e. The molecule has 4 heteroatoms. The fraction of sp³-hybridized carbons (Fsp3) is 0.900. The van der Waals surface area contributed by atoms with E-state index in [1.54, 1.807) is 0 Å². The Kier molecular flexibility index (Phi) is 16.8. The Bertz CT molecular complexity index is 318. The molecular formula is C20H37ClO3. The summed E-state index contributed by atoms with van der Waals surface area (Å²) in [5.74, 6) is 0.457. The van der Waals surface area contributed by atoms with Gasteiger partial charge in [-0.25, -0.2) is 0 Å². The molecule has 142 valence electrons. The van der Waals surface area contributed by atoms with Crippen LogP contribution in [0.3, 0.4) is 0 Å². The lowest BCUT2D eigenvalue weighted by Crippen LogP contribution is -2.14. The Morgan fingerprint density at radius 1 is 0.792 bits per heavy atom. The summed E-state index contributed by atoms with van der Waals surface area (Å²) in [6.45, 7) is 5.02. The van der Waals surface area contributed by atoms with Gasteiger partial charge in [-0.15, -0.1) is 0 Å². The molecule has 0 aromatic rings. The molecule has 0 aliphatic carbocycles. The van der Waals surface area contributed by atoms with Crippen molar-refractivity contribution in [2.75, 3.05) is 6.61 Å². The van der Waals surface area contributed by atoms with Crippen molar-refractivity contribution in [3.05, 3.63) is 0 Å². The van der Waals surface area contributed by atoms with Crippen LogP contribution in [-0.2, 0) is 14.3 Å². The van der Waals surface area contributed by atoms with E-state index in [0.717, 1.165) is 25.7 Å². The molecule has 0 radical (unpaired) electrons. The van der Waals surface area contributed by atoms with Crippen molar-refractivity contribution in [2.24, 2.45) is 5.92 Å². The van der Waals surface area contributed by atoms with E-state index in [1.807, 2.05) is 0 Å². The molecule has 0 aromatic heterocycles. The number of unbranched alkanes of at least 4 members (excludes halogenated alkanes) is 7. The molecule has 24 heavy (non-hydrogen) atoms. The van der Waals surface area contributed by atoms with Gasteiger partial charge < -0.3 is 4.74 Å². The molecular weight excluding hydrogens is 324 g/mol. The molecule has 0 spiro atoms. The lowest BCUT2D eigenvalue weighted by molar-refractivity contribution is -0.145. The normalized spacial score (nSPS) is 12.1. The molecule has 0 fully saturated rings. The van der Waals surface area contributed by atoms with Crippen LogP contribution in [0.5, 0.6) is 0 Å². The number of carbonyl (C=O) groups is 2. The fourth-order valence-electron chi connectivity index (χ4n) is 2.83. The summed E-state index contributed by atoms with van der Waals surface area (Å²) < 4.78 is 5.49. The summed E-state index contributed by atoms with van der Waals surface area (Å²) in [5.41, 5.74) is 0. The molecule has 0 aliphatic rings. The zero-order chi connectivity index (χ0) is 18.0. The first-order chi connectivity index (χ1) is 11.6. The number of carbonyl (C=O) groups excluding carboxylic acids is 2. The van der Waals surface area contributed by atoms with Gasteiger partial charge in [0, 0.05) is 12.8 Å². The van der Waals surface area contributed by atoms with Gasteiger partial charge in [0.15, 0.2) is 0 Å². The minimum absolute atomic E-state index is 0.0709. The number of hydrogen-bond acceptors (Lipinski definition) is 3. The van der Waals surface area contributed by atoms with Crippen LogP contribution in [-0.4, -0.2) is 17.8 Å². The average molecular weight is 361 g/mol. The van der Waals surface area contributed by atoms with Crippen molar-refractivity contribution in [1.82, 2.24) is 0 Å². The second kappa shape index (κ2) is 17.3. The SMILES string of the molecule is CCCCCCC(CCCC)COC(=O)CCCCCCC(=O)Cl. The van der Waals surface area contributed by atoms with E-state index >= 15 is 0 Å². The van der Waals surface area contributed by atoms with Crippen LogP contribution in [0.4, 0.5) is 0 Å². The maximum absolute atomic E-state index is 11.8. The third kappa shape index (κ3) is 16.3. The Morgan fingerprint density at radius 3 is 2.00 bits per heavy atom. The summed E-state index contributed by atoms with van der Waals surface area (Å²) >= 11 is 5.29. The second-order valence-corrected chi connectivity index (χ2v) is 7.23. The molecule has 3 nitrogen and oxygen atoms in total. The maximum atomic E-state index is 11.8. The summed E-state index contributed by atoms with van der Waals surface area (Å²) in [6, 6.07) is 0. The van der Waals surface area contributed by atoms with Crippen LogP contribution in [0, 0.1) is 5.92 Å². The molecule has 0 saturated heterocycles. The van der Waals surface area contributed by atoms with E-state index < -0.39 is 0 Å². The largest absolute Gasteiger partial charge is 0.465 e. The average Bonchev–Trinajstić information content (AvgIpc) is 2.56. The number of ether oxygens (including phenoxy) is 1. The predicted octanol–water partition coefficient (Wildman–Crippen LogP) is 6.41. The van der Waals surface area contributed by atoms with Crippen molar-refractivity contribution in [3.63, 3.8) is 0 Å². The summed E-state index contributed by atoms with van der Waals surface area (Å²) in [6.07, 6.45) is 14.3. The van der Waals surface area contributed by atoms with Gasteiger partial charge in [-0.1, -0.05) is 65.2 Å². The quantitative estimate of drug-likeness (QED) is 0.171. The lowest BCUT2D eigenvalue weighted by atomic mass is 9.96. The van der Waals surface area contributed by atoms with Crippen LogP contribution in [0.2, 0.25) is 0 Å².